The van der Waals surface area contributed by atoms with Crippen molar-refractivity contribution in [2.24, 2.45) is 5.73 Å². The van der Waals surface area contributed by atoms with Crippen molar-refractivity contribution in [2.75, 3.05) is 28.6 Å². The Kier molecular flexibility index (Phi) is 5.89. The van der Waals surface area contributed by atoms with Crippen molar-refractivity contribution in [3.05, 3.63) is 65.8 Å². The molecular formula is C25H24N8O2. The molecule has 4 heterocycles. The van der Waals surface area contributed by atoms with E-state index in [4.69, 9.17) is 15.4 Å². The number of rotatable bonds is 6. The molecule has 10 heteroatoms. The first-order chi connectivity index (χ1) is 17.0. The van der Waals surface area contributed by atoms with E-state index in [0.29, 0.717) is 34.1 Å². The van der Waals surface area contributed by atoms with E-state index in [1.165, 1.54) is 6.20 Å². The third kappa shape index (κ3) is 4.84. The van der Waals surface area contributed by atoms with Crippen LogP contribution in [0.3, 0.4) is 0 Å². The van der Waals surface area contributed by atoms with Crippen LogP contribution in [0.1, 0.15) is 34.7 Å². The number of nitrogens with zero attached hydrogens (tertiary/aromatic N) is 5. The maximum atomic E-state index is 12.0. The number of amides is 1. The van der Waals surface area contributed by atoms with Crippen LogP contribution in [0.5, 0.6) is 0 Å². The van der Waals surface area contributed by atoms with Gasteiger partial charge in [-0.05, 0) is 37.1 Å². The summed E-state index contributed by atoms with van der Waals surface area (Å²) < 4.78 is 5.61. The van der Waals surface area contributed by atoms with Crippen LogP contribution in [-0.4, -0.2) is 40.0 Å². The largest absolute Gasteiger partial charge is 0.441 e. The Hall–Kier alpha value is -4.65. The molecule has 4 aromatic rings. The van der Waals surface area contributed by atoms with Gasteiger partial charge in [0, 0.05) is 56.3 Å². The van der Waals surface area contributed by atoms with Crippen LogP contribution in [-0.2, 0) is 0 Å². The lowest BCUT2D eigenvalue weighted by Crippen LogP contribution is -2.39. The molecule has 0 aliphatic carbocycles. The van der Waals surface area contributed by atoms with Crippen molar-refractivity contribution < 1.29 is 9.21 Å². The Labute approximate surface area is 201 Å². The Balaban J connectivity index is 1.29. The van der Waals surface area contributed by atoms with Gasteiger partial charge >= 0.3 is 0 Å². The number of primary amides is 1. The second kappa shape index (κ2) is 9.30. The van der Waals surface area contributed by atoms with Crippen molar-refractivity contribution in [3.8, 4) is 6.07 Å². The quantitative estimate of drug-likeness (QED) is 0.385. The zero-order valence-electron chi connectivity index (χ0n) is 19.2. The lowest BCUT2D eigenvalue weighted by Gasteiger charge is -2.34. The predicted octanol–water partition coefficient (Wildman–Crippen LogP) is 3.72. The molecule has 5 rings (SSSR count). The normalized spacial score (nSPS) is 14.0. The number of nitriles is 1. The van der Waals surface area contributed by atoms with Crippen LogP contribution in [0.25, 0.3) is 11.1 Å². The minimum absolute atomic E-state index is 0.159. The maximum absolute atomic E-state index is 12.0. The number of anilines is 4. The molecule has 0 atom stereocenters. The summed E-state index contributed by atoms with van der Waals surface area (Å²) in [6.45, 7) is 3.41. The fourth-order valence-corrected chi connectivity index (χ4v) is 4.22. The number of oxazole rings is 1. The average molecular weight is 469 g/mol. The summed E-state index contributed by atoms with van der Waals surface area (Å²) in [5.41, 5.74) is 9.40. The van der Waals surface area contributed by atoms with Gasteiger partial charge in [0.1, 0.15) is 23.2 Å². The summed E-state index contributed by atoms with van der Waals surface area (Å²) in [7, 11) is 0. The van der Waals surface area contributed by atoms with Gasteiger partial charge in [0.05, 0.1) is 16.8 Å². The average Bonchev–Trinajstić information content (AvgIpc) is 3.24. The number of hydrogen-bond acceptors (Lipinski definition) is 9. The molecular weight excluding hydrogens is 444 g/mol. The summed E-state index contributed by atoms with van der Waals surface area (Å²) >= 11 is 0. The number of fused-ring (bicyclic) bond motifs is 1. The number of nitrogens with two attached hydrogens (primary N) is 1. The molecule has 3 aromatic heterocycles. The zero-order chi connectivity index (χ0) is 24.4. The van der Waals surface area contributed by atoms with Gasteiger partial charge in [0.25, 0.3) is 5.91 Å². The number of piperidine rings is 1. The number of carbonyl (C=O) groups excluding carboxylic acids is 1. The van der Waals surface area contributed by atoms with E-state index in [1.807, 2.05) is 24.3 Å². The van der Waals surface area contributed by atoms with Gasteiger partial charge in [0.15, 0.2) is 11.5 Å². The van der Waals surface area contributed by atoms with E-state index in [2.05, 4.69) is 36.6 Å². The zero-order valence-corrected chi connectivity index (χ0v) is 19.2. The lowest BCUT2D eigenvalue weighted by molar-refractivity contribution is 0.100. The third-order valence-corrected chi connectivity index (χ3v) is 5.99. The van der Waals surface area contributed by atoms with Gasteiger partial charge in [-0.3, -0.25) is 4.79 Å². The number of carbonyl (C=O) groups is 1. The molecule has 1 aromatic carbocycles. The molecule has 176 valence electrons. The van der Waals surface area contributed by atoms with Crippen LogP contribution in [0.4, 0.5) is 23.0 Å². The number of aryl methyl sites for hydroxylation is 1. The number of nitrogens with one attached hydrogen (secondary N) is 2. The fraction of sp³-hybridized carbons (Fsp3) is 0.240. The smallest absolute Gasteiger partial charge is 0.252 e. The standard InChI is InChI=1S/C25H24N8O2/c1-15-30-20-4-3-18(10-22(20)35-15)32-23-11-21(19(14-28-23)25(27)34)31-17-6-8-33(9-7-17)24-5-2-16(12-26)13-29-24/h2-5,10-11,13-14,17H,6-9H2,1H3,(H2,27,34)(H2,28,31,32). The van der Waals surface area contributed by atoms with Crippen molar-refractivity contribution in [1.82, 2.24) is 15.0 Å². The van der Waals surface area contributed by atoms with E-state index >= 15 is 0 Å². The molecule has 10 nitrogen and oxygen atoms in total. The second-order valence-electron chi connectivity index (χ2n) is 8.44. The van der Waals surface area contributed by atoms with Crippen LogP contribution in [0, 0.1) is 18.3 Å². The topological polar surface area (TPSA) is 146 Å². The highest BCUT2D eigenvalue weighted by Gasteiger charge is 2.22. The Morgan fingerprint density at radius 2 is 2.00 bits per heavy atom. The van der Waals surface area contributed by atoms with E-state index in [9.17, 15) is 4.79 Å². The number of hydrogen-bond donors (Lipinski definition) is 3. The summed E-state index contributed by atoms with van der Waals surface area (Å²) in [5, 5.41) is 15.7. The first-order valence-corrected chi connectivity index (χ1v) is 11.3. The Morgan fingerprint density at radius 3 is 2.71 bits per heavy atom. The molecule has 0 saturated carbocycles. The monoisotopic (exact) mass is 468 g/mol. The Morgan fingerprint density at radius 1 is 1.17 bits per heavy atom. The summed E-state index contributed by atoms with van der Waals surface area (Å²) in [5.74, 6) is 1.50. The number of benzene rings is 1. The molecule has 1 aliphatic heterocycles. The van der Waals surface area contributed by atoms with Crippen molar-refractivity contribution in [3.63, 3.8) is 0 Å². The lowest BCUT2D eigenvalue weighted by atomic mass is 10.0. The molecule has 35 heavy (non-hydrogen) atoms. The minimum atomic E-state index is -0.538. The highest BCUT2D eigenvalue weighted by Crippen LogP contribution is 2.27. The number of pyridine rings is 2. The van der Waals surface area contributed by atoms with Crippen LogP contribution in [0.2, 0.25) is 0 Å². The van der Waals surface area contributed by atoms with E-state index in [-0.39, 0.29) is 6.04 Å². The van der Waals surface area contributed by atoms with Crippen molar-refractivity contribution >= 4 is 40.0 Å². The fourth-order valence-electron chi connectivity index (χ4n) is 4.22. The van der Waals surface area contributed by atoms with Gasteiger partial charge in [-0.2, -0.15) is 5.26 Å². The van der Waals surface area contributed by atoms with Crippen LogP contribution >= 0.6 is 0 Å². The van der Waals surface area contributed by atoms with Crippen molar-refractivity contribution in [1.29, 1.82) is 5.26 Å². The molecule has 0 spiro atoms. The molecule has 0 radical (unpaired) electrons. The first kappa shape index (κ1) is 22.2. The molecule has 1 fully saturated rings. The molecule has 1 aliphatic rings. The first-order valence-electron chi connectivity index (χ1n) is 11.3. The predicted molar refractivity (Wildman–Crippen MR) is 133 cm³/mol. The van der Waals surface area contributed by atoms with Gasteiger partial charge in [0.2, 0.25) is 0 Å². The second-order valence-corrected chi connectivity index (χ2v) is 8.44. The highest BCUT2D eigenvalue weighted by molar-refractivity contribution is 5.98. The number of aromatic nitrogens is 3. The molecule has 4 N–H and O–H groups in total. The maximum Gasteiger partial charge on any atom is 0.252 e. The summed E-state index contributed by atoms with van der Waals surface area (Å²) in [6, 6.07) is 13.3. The van der Waals surface area contributed by atoms with E-state index < -0.39 is 5.91 Å². The minimum Gasteiger partial charge on any atom is -0.441 e. The van der Waals surface area contributed by atoms with Gasteiger partial charge in [-0.15, -0.1) is 0 Å². The van der Waals surface area contributed by atoms with Gasteiger partial charge in [-0.25, -0.2) is 15.0 Å². The van der Waals surface area contributed by atoms with Gasteiger partial charge in [-0.1, -0.05) is 0 Å². The molecule has 0 unspecified atom stereocenters. The molecule has 1 amide bonds. The van der Waals surface area contributed by atoms with Crippen molar-refractivity contribution in [2.45, 2.75) is 25.8 Å². The molecule has 0 bridgehead atoms. The molecule has 1 saturated heterocycles. The Bertz CT molecular complexity index is 1420. The van der Waals surface area contributed by atoms with Crippen LogP contribution in [0.15, 0.2) is 53.2 Å². The summed E-state index contributed by atoms with van der Waals surface area (Å²) in [6.07, 6.45) is 4.78. The van der Waals surface area contributed by atoms with Crippen LogP contribution < -0.4 is 21.3 Å². The SMILES string of the molecule is Cc1nc2ccc(Nc3cc(NC4CCN(c5ccc(C#N)cn5)CC4)c(C(N)=O)cn3)cc2o1. The van der Waals surface area contributed by atoms with E-state index in [0.717, 1.165) is 43.0 Å². The summed E-state index contributed by atoms with van der Waals surface area (Å²) in [4.78, 5) is 27.3. The van der Waals surface area contributed by atoms with Gasteiger partial charge < -0.3 is 25.7 Å². The van der Waals surface area contributed by atoms with E-state index in [1.54, 1.807) is 25.3 Å². The highest BCUT2D eigenvalue weighted by atomic mass is 16.3. The third-order valence-electron chi connectivity index (χ3n) is 5.99.